The van der Waals surface area contributed by atoms with Crippen LogP contribution >= 0.6 is 0 Å². The Balaban J connectivity index is 1.83. The molecule has 3 aromatic carbocycles. The van der Waals surface area contributed by atoms with Crippen LogP contribution in [0, 0.1) is 25.2 Å². The highest BCUT2D eigenvalue weighted by atomic mass is 15.3. The van der Waals surface area contributed by atoms with Crippen LogP contribution < -0.4 is 4.57 Å². The van der Waals surface area contributed by atoms with E-state index in [0.29, 0.717) is 5.56 Å². The molecule has 0 saturated heterocycles. The molecule has 0 atom stereocenters. The molecule has 0 N–H and O–H groups in total. The van der Waals surface area contributed by atoms with Gasteiger partial charge < -0.3 is 0 Å². The first-order chi connectivity index (χ1) is 14.2. The molecule has 5 aromatic rings. The maximum Gasteiger partial charge on any atom is 0.218 e. The SMILES string of the molecule is Cc1c(-n2cc3ccccc3n2)cc(C#N)cc1-[n+]1c(C)ccc2ccccc21. The van der Waals surface area contributed by atoms with Crippen LogP contribution in [0.15, 0.2) is 79.0 Å². The Morgan fingerprint density at radius 1 is 0.897 bits per heavy atom. The first-order valence-electron chi connectivity index (χ1n) is 9.56. The molecule has 0 aliphatic rings. The first-order valence-corrected chi connectivity index (χ1v) is 9.56. The Hall–Kier alpha value is -3.97. The second kappa shape index (κ2) is 6.57. The van der Waals surface area contributed by atoms with Crippen molar-refractivity contribution in [3.8, 4) is 17.4 Å². The number of rotatable bonds is 2. The number of aryl methyl sites for hydroxylation is 1. The highest BCUT2D eigenvalue weighted by molar-refractivity contribution is 5.79. The van der Waals surface area contributed by atoms with Crippen LogP contribution in [0.4, 0.5) is 0 Å². The monoisotopic (exact) mass is 375 g/mol. The fraction of sp³-hybridized carbons (Fsp3) is 0.0800. The molecule has 0 saturated carbocycles. The number of hydrogen-bond donors (Lipinski definition) is 0. The minimum Gasteiger partial charge on any atom is -0.239 e. The molecule has 0 aliphatic heterocycles. The van der Waals surface area contributed by atoms with Crippen molar-refractivity contribution in [1.82, 2.24) is 9.78 Å². The van der Waals surface area contributed by atoms with E-state index in [1.54, 1.807) is 0 Å². The maximum absolute atomic E-state index is 9.70. The third-order valence-corrected chi connectivity index (χ3v) is 5.42. The predicted molar refractivity (Wildman–Crippen MR) is 114 cm³/mol. The van der Waals surface area contributed by atoms with Crippen LogP contribution in [0.25, 0.3) is 33.2 Å². The van der Waals surface area contributed by atoms with Gasteiger partial charge in [0.05, 0.1) is 22.8 Å². The fourth-order valence-corrected chi connectivity index (χ4v) is 3.93. The number of benzene rings is 3. The summed E-state index contributed by atoms with van der Waals surface area (Å²) in [5.41, 5.74) is 6.75. The molecule has 29 heavy (non-hydrogen) atoms. The van der Waals surface area contributed by atoms with E-state index in [4.69, 9.17) is 5.10 Å². The summed E-state index contributed by atoms with van der Waals surface area (Å²) < 4.78 is 4.10. The zero-order valence-corrected chi connectivity index (χ0v) is 16.3. The Morgan fingerprint density at radius 3 is 2.45 bits per heavy atom. The molecule has 2 heterocycles. The van der Waals surface area contributed by atoms with Crippen molar-refractivity contribution in [1.29, 1.82) is 5.26 Å². The summed E-state index contributed by atoms with van der Waals surface area (Å²) in [4.78, 5) is 0. The largest absolute Gasteiger partial charge is 0.239 e. The van der Waals surface area contributed by atoms with Crippen LogP contribution in [-0.4, -0.2) is 9.78 Å². The van der Waals surface area contributed by atoms with Gasteiger partial charge in [-0.1, -0.05) is 30.3 Å². The second-order valence-electron chi connectivity index (χ2n) is 7.25. The van der Waals surface area contributed by atoms with Gasteiger partial charge in [-0.3, -0.25) is 0 Å². The van der Waals surface area contributed by atoms with E-state index in [9.17, 15) is 5.26 Å². The topological polar surface area (TPSA) is 45.5 Å². The molecule has 0 radical (unpaired) electrons. The molecular weight excluding hydrogens is 356 g/mol. The molecule has 0 fully saturated rings. The van der Waals surface area contributed by atoms with Crippen molar-refractivity contribution >= 4 is 21.8 Å². The van der Waals surface area contributed by atoms with Crippen LogP contribution in [0.2, 0.25) is 0 Å². The van der Waals surface area contributed by atoms with Crippen molar-refractivity contribution in [2.45, 2.75) is 13.8 Å². The molecular formula is C25H19N4+. The average Bonchev–Trinajstić information content (AvgIpc) is 3.18. The zero-order chi connectivity index (χ0) is 20.0. The zero-order valence-electron chi connectivity index (χ0n) is 16.3. The van der Waals surface area contributed by atoms with Crippen molar-refractivity contribution < 1.29 is 4.57 Å². The molecule has 0 amide bonds. The van der Waals surface area contributed by atoms with Gasteiger partial charge in [-0.05, 0) is 31.2 Å². The lowest BCUT2D eigenvalue weighted by molar-refractivity contribution is -0.574. The van der Waals surface area contributed by atoms with Crippen molar-refractivity contribution in [3.05, 3.63) is 95.8 Å². The number of pyridine rings is 1. The first kappa shape index (κ1) is 17.2. The summed E-state index contributed by atoms with van der Waals surface area (Å²) in [6.07, 6.45) is 2.02. The smallest absolute Gasteiger partial charge is 0.218 e. The van der Waals surface area contributed by atoms with Crippen LogP contribution in [-0.2, 0) is 0 Å². The summed E-state index contributed by atoms with van der Waals surface area (Å²) in [7, 11) is 0. The Bertz CT molecular complexity index is 1400. The van der Waals surface area contributed by atoms with Crippen molar-refractivity contribution in [3.63, 3.8) is 0 Å². The summed E-state index contributed by atoms with van der Waals surface area (Å²) in [5.74, 6) is 0. The van der Waals surface area contributed by atoms with Crippen LogP contribution in [0.1, 0.15) is 16.8 Å². The number of nitriles is 1. The molecule has 0 aliphatic carbocycles. The van der Waals surface area contributed by atoms with Gasteiger partial charge in [0.25, 0.3) is 0 Å². The normalized spacial score (nSPS) is 11.1. The van der Waals surface area contributed by atoms with Crippen molar-refractivity contribution in [2.75, 3.05) is 0 Å². The Morgan fingerprint density at radius 2 is 1.66 bits per heavy atom. The summed E-state index contributed by atoms with van der Waals surface area (Å²) >= 11 is 0. The third-order valence-electron chi connectivity index (χ3n) is 5.42. The highest BCUT2D eigenvalue weighted by Crippen LogP contribution is 2.24. The number of hydrogen-bond acceptors (Lipinski definition) is 2. The predicted octanol–water partition coefficient (Wildman–Crippen LogP) is 4.94. The van der Waals surface area contributed by atoms with E-state index in [-0.39, 0.29) is 0 Å². The molecule has 0 unspecified atom stereocenters. The summed E-state index contributed by atoms with van der Waals surface area (Å²) in [6.45, 7) is 4.18. The molecule has 0 bridgehead atoms. The van der Waals surface area contributed by atoms with Gasteiger partial charge in [0, 0.05) is 47.7 Å². The van der Waals surface area contributed by atoms with E-state index >= 15 is 0 Å². The van der Waals surface area contributed by atoms with E-state index in [1.165, 1.54) is 0 Å². The average molecular weight is 375 g/mol. The lowest BCUT2D eigenvalue weighted by atomic mass is 10.1. The van der Waals surface area contributed by atoms with Gasteiger partial charge in [-0.2, -0.15) is 14.9 Å². The van der Waals surface area contributed by atoms with Gasteiger partial charge in [0.2, 0.25) is 11.2 Å². The van der Waals surface area contributed by atoms with E-state index in [2.05, 4.69) is 48.7 Å². The molecule has 5 rings (SSSR count). The lowest BCUT2D eigenvalue weighted by Crippen LogP contribution is -2.36. The minimum atomic E-state index is 0.611. The van der Waals surface area contributed by atoms with Gasteiger partial charge in [-0.25, -0.2) is 4.68 Å². The van der Waals surface area contributed by atoms with Gasteiger partial charge in [0.1, 0.15) is 0 Å². The van der Waals surface area contributed by atoms with Crippen LogP contribution in [0.3, 0.4) is 0 Å². The number of para-hydroxylation sites is 1. The Labute approximate surface area is 168 Å². The minimum absolute atomic E-state index is 0.611. The standard InChI is InChI=1S/C25H19N4/c1-17-11-12-20-7-4-6-10-23(20)29(17)25-14-19(15-26)13-24(18(25)2)28-16-21-8-3-5-9-22(21)27-28/h3-14,16H,1-2H3/q+1. The van der Waals surface area contributed by atoms with Crippen molar-refractivity contribution in [2.24, 2.45) is 0 Å². The second-order valence-corrected chi connectivity index (χ2v) is 7.25. The Kier molecular flexibility index (Phi) is 3.89. The molecule has 4 nitrogen and oxygen atoms in total. The molecule has 4 heteroatoms. The summed E-state index contributed by atoms with van der Waals surface area (Å²) in [6, 6.07) is 26.8. The highest BCUT2D eigenvalue weighted by Gasteiger charge is 2.22. The number of fused-ring (bicyclic) bond motifs is 2. The number of aromatic nitrogens is 3. The maximum atomic E-state index is 9.70. The molecule has 0 spiro atoms. The molecule has 138 valence electrons. The van der Waals surface area contributed by atoms with Crippen LogP contribution in [0.5, 0.6) is 0 Å². The third kappa shape index (κ3) is 2.76. The van der Waals surface area contributed by atoms with E-state index < -0.39 is 0 Å². The van der Waals surface area contributed by atoms with Gasteiger partial charge in [-0.15, -0.1) is 0 Å². The molecule has 2 aromatic heterocycles. The van der Waals surface area contributed by atoms with E-state index in [1.807, 2.05) is 59.4 Å². The quantitative estimate of drug-likeness (QED) is 0.410. The summed E-state index contributed by atoms with van der Waals surface area (Å²) in [5, 5.41) is 16.7. The van der Waals surface area contributed by atoms with Gasteiger partial charge >= 0.3 is 0 Å². The lowest BCUT2D eigenvalue weighted by Gasteiger charge is -2.11. The number of nitrogens with zero attached hydrogens (tertiary/aromatic N) is 4. The fourth-order valence-electron chi connectivity index (χ4n) is 3.93. The van der Waals surface area contributed by atoms with E-state index in [0.717, 1.165) is 44.4 Å². The van der Waals surface area contributed by atoms with Gasteiger partial charge in [0.15, 0.2) is 5.69 Å².